The van der Waals surface area contributed by atoms with Crippen LogP contribution in [0.2, 0.25) is 0 Å². The first-order valence-electron chi connectivity index (χ1n) is 7.21. The summed E-state index contributed by atoms with van der Waals surface area (Å²) in [4.78, 5) is 3.99. The molecule has 2 N–H and O–H groups in total. The zero-order valence-corrected chi connectivity index (χ0v) is 13.6. The highest BCUT2D eigenvalue weighted by atomic mass is 32.2. The van der Waals surface area contributed by atoms with Crippen molar-refractivity contribution in [2.24, 2.45) is 15.9 Å². The van der Waals surface area contributed by atoms with Crippen molar-refractivity contribution >= 4 is 23.1 Å². The van der Waals surface area contributed by atoms with Gasteiger partial charge in [-0.3, -0.25) is 0 Å². The molecule has 0 fully saturated rings. The van der Waals surface area contributed by atoms with Crippen LogP contribution in [0.15, 0.2) is 75.7 Å². The number of hydrogen-bond donors (Lipinski definition) is 1. The maximum Gasteiger partial charge on any atom is 0.214 e. The van der Waals surface area contributed by atoms with Gasteiger partial charge >= 0.3 is 0 Å². The lowest BCUT2D eigenvalue weighted by Crippen LogP contribution is -2.05. The molecule has 0 aliphatic rings. The van der Waals surface area contributed by atoms with Crippen molar-refractivity contribution in [3.8, 4) is 11.4 Å². The van der Waals surface area contributed by atoms with Gasteiger partial charge in [0.25, 0.3) is 0 Å². The van der Waals surface area contributed by atoms with Gasteiger partial charge in [0.05, 0.1) is 6.21 Å². The maximum atomic E-state index is 5.85. The zero-order chi connectivity index (χ0) is 16.6. The number of benzene rings is 2. The number of rotatable bonds is 5. The molecule has 0 atom stereocenters. The smallest absolute Gasteiger partial charge is 0.214 e. The molecule has 3 aromatic rings. The van der Waals surface area contributed by atoms with Gasteiger partial charge in [-0.15, -0.1) is 5.10 Å². The third-order valence-electron chi connectivity index (χ3n) is 3.12. The maximum absolute atomic E-state index is 5.85. The van der Waals surface area contributed by atoms with E-state index >= 15 is 0 Å². The number of nitrogens with zero attached hydrogens (tertiary/aromatic N) is 4. The van der Waals surface area contributed by atoms with E-state index in [2.05, 4.69) is 32.5 Å². The fraction of sp³-hybridized carbons (Fsp3) is 0.0588. The summed E-state index contributed by atoms with van der Waals surface area (Å²) in [6.07, 6.45) is 2.95. The summed E-state index contributed by atoms with van der Waals surface area (Å²) in [6.45, 7) is 0. The van der Waals surface area contributed by atoms with Gasteiger partial charge in [-0.2, -0.15) is 10.1 Å². The van der Waals surface area contributed by atoms with Crippen molar-refractivity contribution in [3.63, 3.8) is 0 Å². The van der Waals surface area contributed by atoms with Crippen molar-refractivity contribution in [3.05, 3.63) is 72.1 Å². The average molecular weight is 337 g/mol. The van der Waals surface area contributed by atoms with Crippen molar-refractivity contribution in [2.75, 3.05) is 0 Å². The summed E-state index contributed by atoms with van der Waals surface area (Å²) < 4.78 is 4.72. The molecule has 0 radical (unpaired) electrons. The first kappa shape index (κ1) is 15.9. The molecule has 24 heavy (non-hydrogen) atoms. The standard InChI is InChI=1S/C17H15N5OS/c18-17(24-11-14-4-2-1-3-5-14)21-20-10-13-6-8-15(9-7-13)16-19-12-23-22-16/h1-10,12H,11H2,(H2,18,21). The van der Waals surface area contributed by atoms with E-state index in [1.807, 2.05) is 42.5 Å². The molecular weight excluding hydrogens is 322 g/mol. The van der Waals surface area contributed by atoms with Crippen LogP contribution in [0.5, 0.6) is 0 Å². The quantitative estimate of drug-likeness (QED) is 0.438. The first-order valence-corrected chi connectivity index (χ1v) is 8.20. The van der Waals surface area contributed by atoms with E-state index in [-0.39, 0.29) is 0 Å². The molecule has 0 aliphatic heterocycles. The lowest BCUT2D eigenvalue weighted by molar-refractivity contribution is 0.419. The van der Waals surface area contributed by atoms with Crippen LogP contribution >= 0.6 is 11.8 Å². The molecule has 0 unspecified atom stereocenters. The largest absolute Gasteiger partial charge is 0.377 e. The van der Waals surface area contributed by atoms with E-state index in [1.165, 1.54) is 23.7 Å². The molecule has 7 heteroatoms. The van der Waals surface area contributed by atoms with Crippen molar-refractivity contribution in [2.45, 2.75) is 5.75 Å². The van der Waals surface area contributed by atoms with Crippen molar-refractivity contribution in [1.29, 1.82) is 0 Å². The topological polar surface area (TPSA) is 89.7 Å². The highest BCUT2D eigenvalue weighted by Gasteiger charge is 2.01. The predicted molar refractivity (Wildman–Crippen MR) is 96.7 cm³/mol. The highest BCUT2D eigenvalue weighted by Crippen LogP contribution is 2.14. The molecule has 0 spiro atoms. The van der Waals surface area contributed by atoms with Crippen LogP contribution in [0.3, 0.4) is 0 Å². The molecule has 120 valence electrons. The van der Waals surface area contributed by atoms with Crippen LogP contribution in [-0.2, 0) is 5.75 Å². The van der Waals surface area contributed by atoms with Crippen LogP contribution in [0.4, 0.5) is 0 Å². The Morgan fingerprint density at radius 3 is 2.62 bits per heavy atom. The Kier molecular flexibility index (Phi) is 5.36. The lowest BCUT2D eigenvalue weighted by atomic mass is 10.1. The molecule has 0 aliphatic carbocycles. The second-order valence-electron chi connectivity index (χ2n) is 4.83. The summed E-state index contributed by atoms with van der Waals surface area (Å²) in [5, 5.41) is 12.2. The van der Waals surface area contributed by atoms with Gasteiger partial charge < -0.3 is 10.3 Å². The summed E-state index contributed by atoms with van der Waals surface area (Å²) in [7, 11) is 0. The molecule has 1 aromatic heterocycles. The van der Waals surface area contributed by atoms with E-state index in [1.54, 1.807) is 6.21 Å². The second kappa shape index (κ2) is 8.07. The molecule has 0 bridgehead atoms. The number of thioether (sulfide) groups is 1. The second-order valence-corrected chi connectivity index (χ2v) is 5.83. The van der Waals surface area contributed by atoms with Gasteiger partial charge in [0.2, 0.25) is 12.2 Å². The van der Waals surface area contributed by atoms with E-state index in [9.17, 15) is 0 Å². The number of amidine groups is 1. The summed E-state index contributed by atoms with van der Waals surface area (Å²) >= 11 is 1.45. The van der Waals surface area contributed by atoms with Crippen molar-refractivity contribution in [1.82, 2.24) is 10.1 Å². The monoisotopic (exact) mass is 337 g/mol. The molecule has 1 heterocycles. The van der Waals surface area contributed by atoms with Gasteiger partial charge in [-0.05, 0) is 11.1 Å². The normalized spacial score (nSPS) is 11.9. The minimum absolute atomic E-state index is 0.429. The summed E-state index contributed by atoms with van der Waals surface area (Å²) in [5.74, 6) is 1.32. The SMILES string of the molecule is NC(=NN=Cc1ccc(-c2ncon2)cc1)SCc1ccccc1. The van der Waals surface area contributed by atoms with Crippen LogP contribution in [-0.4, -0.2) is 21.5 Å². The molecule has 0 saturated carbocycles. The fourth-order valence-corrected chi connectivity index (χ4v) is 2.54. The van der Waals surface area contributed by atoms with Gasteiger partial charge in [0.1, 0.15) is 0 Å². The highest BCUT2D eigenvalue weighted by molar-refractivity contribution is 8.13. The molecule has 3 rings (SSSR count). The molecule has 0 saturated heterocycles. The fourth-order valence-electron chi connectivity index (χ4n) is 1.93. The average Bonchev–Trinajstić information content (AvgIpc) is 3.16. The van der Waals surface area contributed by atoms with Crippen molar-refractivity contribution < 1.29 is 4.52 Å². The van der Waals surface area contributed by atoms with E-state index in [4.69, 9.17) is 10.3 Å². The minimum Gasteiger partial charge on any atom is -0.377 e. The Hall–Kier alpha value is -2.93. The first-order chi connectivity index (χ1) is 11.8. The van der Waals surface area contributed by atoms with Crippen LogP contribution in [0.1, 0.15) is 11.1 Å². The zero-order valence-electron chi connectivity index (χ0n) is 12.7. The number of nitrogens with two attached hydrogens (primary N) is 1. The summed E-state index contributed by atoms with van der Waals surface area (Å²) in [6, 6.07) is 17.7. The van der Waals surface area contributed by atoms with E-state index in [0.29, 0.717) is 11.0 Å². The van der Waals surface area contributed by atoms with E-state index < -0.39 is 0 Å². The predicted octanol–water partition coefficient (Wildman–Crippen LogP) is 3.32. The molecule has 2 aromatic carbocycles. The third-order valence-corrected chi connectivity index (χ3v) is 3.98. The Morgan fingerprint density at radius 1 is 1.12 bits per heavy atom. The van der Waals surface area contributed by atoms with Gasteiger partial charge in [-0.1, -0.05) is 71.5 Å². The summed E-state index contributed by atoms with van der Waals surface area (Å²) in [5.41, 5.74) is 8.83. The Morgan fingerprint density at radius 2 is 1.92 bits per heavy atom. The third kappa shape index (κ3) is 4.53. The minimum atomic E-state index is 0.429. The Labute approximate surface area is 143 Å². The van der Waals surface area contributed by atoms with Gasteiger partial charge in [-0.25, -0.2) is 0 Å². The van der Waals surface area contributed by atoms with Crippen LogP contribution in [0.25, 0.3) is 11.4 Å². The Bertz CT molecular complexity index is 814. The van der Waals surface area contributed by atoms with Gasteiger partial charge in [0, 0.05) is 11.3 Å². The number of hydrogen-bond acceptors (Lipinski definition) is 6. The van der Waals surface area contributed by atoms with Gasteiger partial charge in [0.15, 0.2) is 5.17 Å². The Balaban J connectivity index is 1.55. The van der Waals surface area contributed by atoms with E-state index in [0.717, 1.165) is 16.9 Å². The van der Waals surface area contributed by atoms with Crippen LogP contribution in [0, 0.1) is 0 Å². The molecule has 6 nitrogen and oxygen atoms in total. The molecular formula is C17H15N5OS. The lowest BCUT2D eigenvalue weighted by Gasteiger charge is -1.99. The molecule has 0 amide bonds. The number of aromatic nitrogens is 2. The van der Waals surface area contributed by atoms with Crippen LogP contribution < -0.4 is 5.73 Å².